The van der Waals surface area contributed by atoms with E-state index >= 15 is 0 Å². The predicted molar refractivity (Wildman–Crippen MR) is 96.4 cm³/mol. The van der Waals surface area contributed by atoms with Crippen LogP contribution < -0.4 is 0 Å². The third-order valence-corrected chi connectivity index (χ3v) is 5.46. The molecule has 0 aliphatic rings. The van der Waals surface area contributed by atoms with Gasteiger partial charge in [0.05, 0.1) is 11.4 Å². The topological polar surface area (TPSA) is 51.4 Å². The van der Waals surface area contributed by atoms with Crippen LogP contribution in [0.25, 0.3) is 0 Å². The summed E-state index contributed by atoms with van der Waals surface area (Å²) in [6, 6.07) is 20.4. The first-order chi connectivity index (χ1) is 11.6. The van der Waals surface area contributed by atoms with E-state index in [1.165, 1.54) is 0 Å². The smallest absolute Gasteiger partial charge is 0.197 e. The van der Waals surface area contributed by atoms with Gasteiger partial charge in [-0.15, -0.1) is 0 Å². The lowest BCUT2D eigenvalue weighted by molar-refractivity contribution is 0.585. The summed E-state index contributed by atoms with van der Waals surface area (Å²) >= 11 is 0. The lowest BCUT2D eigenvalue weighted by Gasteiger charge is -2.08. The molecule has 0 N–H and O–H groups in total. The third-order valence-electron chi connectivity index (χ3n) is 3.70. The average molecular weight is 338 g/mol. The van der Waals surface area contributed by atoms with Gasteiger partial charge in [-0.2, -0.15) is 0 Å². The molecule has 0 fully saturated rings. The number of aliphatic imine (C=N–C) groups is 1. The molecule has 0 saturated heterocycles. The molecule has 0 amide bonds. The molecule has 0 atom stereocenters. The normalized spacial score (nSPS) is 11.9. The van der Waals surface area contributed by atoms with Gasteiger partial charge in [0.25, 0.3) is 0 Å². The van der Waals surface area contributed by atoms with E-state index in [2.05, 4.69) is 4.99 Å². The fourth-order valence-corrected chi connectivity index (χ4v) is 4.08. The van der Waals surface area contributed by atoms with Gasteiger partial charge in [0.2, 0.25) is 0 Å². The molecule has 1 aromatic heterocycles. The number of rotatable bonds is 5. The molecule has 0 spiro atoms. The molecule has 0 unspecified atom stereocenters. The molecule has 4 nitrogen and oxygen atoms in total. The summed E-state index contributed by atoms with van der Waals surface area (Å²) in [4.78, 5) is 4.47. The Bertz CT molecular complexity index is 958. The van der Waals surface area contributed by atoms with Gasteiger partial charge in [-0.25, -0.2) is 8.42 Å². The standard InChI is InChI=1S/C19H18N2O2S/c1-21-13-7-12-19(21)24(22,23)15-17-10-5-6-11-18(17)20-14-16-8-3-2-4-9-16/h2-14H,15H2,1H3. The van der Waals surface area contributed by atoms with Crippen molar-refractivity contribution in [1.82, 2.24) is 4.57 Å². The molecule has 0 bridgehead atoms. The van der Waals surface area contributed by atoms with Gasteiger partial charge in [0.1, 0.15) is 5.03 Å². The molecule has 2 aromatic carbocycles. The van der Waals surface area contributed by atoms with E-state index in [0.717, 1.165) is 5.56 Å². The third kappa shape index (κ3) is 3.63. The SMILES string of the molecule is Cn1cccc1S(=O)(=O)Cc1ccccc1N=Cc1ccccc1. The largest absolute Gasteiger partial charge is 0.342 e. The minimum absolute atomic E-state index is 0.0762. The van der Waals surface area contributed by atoms with E-state index in [1.54, 1.807) is 42.2 Å². The Morgan fingerprint density at radius 3 is 2.38 bits per heavy atom. The Balaban J connectivity index is 1.90. The van der Waals surface area contributed by atoms with E-state index < -0.39 is 9.84 Å². The Morgan fingerprint density at radius 2 is 1.67 bits per heavy atom. The fourth-order valence-electron chi connectivity index (χ4n) is 2.49. The van der Waals surface area contributed by atoms with Gasteiger partial charge in [-0.05, 0) is 29.3 Å². The summed E-state index contributed by atoms with van der Waals surface area (Å²) < 4.78 is 26.9. The van der Waals surface area contributed by atoms with Crippen LogP contribution in [0.3, 0.4) is 0 Å². The summed E-state index contributed by atoms with van der Waals surface area (Å²) in [6.07, 6.45) is 3.47. The Kier molecular flexibility index (Phi) is 4.62. The molecule has 0 saturated carbocycles. The van der Waals surface area contributed by atoms with Gasteiger partial charge in [0.15, 0.2) is 9.84 Å². The second-order valence-corrected chi connectivity index (χ2v) is 7.45. The van der Waals surface area contributed by atoms with Crippen molar-refractivity contribution in [2.45, 2.75) is 10.8 Å². The van der Waals surface area contributed by atoms with Crippen molar-refractivity contribution in [3.05, 3.63) is 84.1 Å². The second-order valence-electron chi connectivity index (χ2n) is 5.51. The van der Waals surface area contributed by atoms with Gasteiger partial charge in [-0.3, -0.25) is 4.99 Å². The zero-order valence-electron chi connectivity index (χ0n) is 13.3. The first-order valence-electron chi connectivity index (χ1n) is 7.57. The lowest BCUT2D eigenvalue weighted by atomic mass is 10.2. The van der Waals surface area contributed by atoms with E-state index in [1.807, 2.05) is 48.5 Å². The van der Waals surface area contributed by atoms with E-state index in [9.17, 15) is 8.42 Å². The second kappa shape index (κ2) is 6.84. The number of sulfone groups is 1. The molecule has 3 aromatic rings. The van der Waals surface area contributed by atoms with Crippen LogP contribution in [0.5, 0.6) is 0 Å². The molecule has 5 heteroatoms. The Labute approximate surface area is 142 Å². The molecule has 1 heterocycles. The van der Waals surface area contributed by atoms with Crippen molar-refractivity contribution in [2.24, 2.45) is 12.0 Å². The molecule has 0 aliphatic heterocycles. The van der Waals surface area contributed by atoms with E-state index in [4.69, 9.17) is 0 Å². The first-order valence-corrected chi connectivity index (χ1v) is 9.22. The highest BCUT2D eigenvalue weighted by atomic mass is 32.2. The van der Waals surface area contributed by atoms with Gasteiger partial charge in [0, 0.05) is 19.5 Å². The van der Waals surface area contributed by atoms with E-state index in [0.29, 0.717) is 16.3 Å². The maximum Gasteiger partial charge on any atom is 0.197 e. The number of hydrogen-bond acceptors (Lipinski definition) is 3. The zero-order chi connectivity index (χ0) is 17.0. The molecular weight excluding hydrogens is 320 g/mol. The zero-order valence-corrected chi connectivity index (χ0v) is 14.1. The number of para-hydroxylation sites is 1. The van der Waals surface area contributed by atoms with Crippen LogP contribution >= 0.6 is 0 Å². The van der Waals surface area contributed by atoms with Crippen LogP contribution in [-0.4, -0.2) is 19.2 Å². The quantitative estimate of drug-likeness (QED) is 0.665. The highest BCUT2D eigenvalue weighted by Crippen LogP contribution is 2.24. The van der Waals surface area contributed by atoms with Crippen LogP contribution in [-0.2, 0) is 22.6 Å². The molecule has 0 radical (unpaired) electrons. The van der Waals surface area contributed by atoms with Crippen molar-refractivity contribution in [1.29, 1.82) is 0 Å². The Hall–Kier alpha value is -2.66. The van der Waals surface area contributed by atoms with Gasteiger partial charge < -0.3 is 4.57 Å². The van der Waals surface area contributed by atoms with Crippen molar-refractivity contribution in [2.75, 3.05) is 0 Å². The van der Waals surface area contributed by atoms with Crippen LogP contribution in [0.1, 0.15) is 11.1 Å². The summed E-state index contributed by atoms with van der Waals surface area (Å²) in [5.41, 5.74) is 2.32. The van der Waals surface area contributed by atoms with Crippen LogP contribution in [0, 0.1) is 0 Å². The summed E-state index contributed by atoms with van der Waals surface area (Å²) in [6.45, 7) is 0. The summed E-state index contributed by atoms with van der Waals surface area (Å²) in [5, 5.41) is 0.310. The summed E-state index contributed by atoms with van der Waals surface area (Å²) in [7, 11) is -1.69. The predicted octanol–water partition coefficient (Wildman–Crippen LogP) is 3.75. The van der Waals surface area contributed by atoms with Crippen LogP contribution in [0.4, 0.5) is 5.69 Å². The number of nitrogens with zero attached hydrogens (tertiary/aromatic N) is 2. The van der Waals surface area contributed by atoms with Crippen molar-refractivity contribution in [3.8, 4) is 0 Å². The van der Waals surface area contributed by atoms with E-state index in [-0.39, 0.29) is 5.75 Å². The van der Waals surface area contributed by atoms with Crippen LogP contribution in [0.2, 0.25) is 0 Å². The highest BCUT2D eigenvalue weighted by Gasteiger charge is 2.19. The summed E-state index contributed by atoms with van der Waals surface area (Å²) in [5.74, 6) is -0.0762. The number of aryl methyl sites for hydroxylation is 1. The molecular formula is C19H18N2O2S. The van der Waals surface area contributed by atoms with Gasteiger partial charge >= 0.3 is 0 Å². The molecule has 122 valence electrons. The minimum atomic E-state index is -3.42. The fraction of sp³-hybridized carbons (Fsp3) is 0.105. The number of benzene rings is 2. The number of hydrogen-bond donors (Lipinski definition) is 0. The Morgan fingerprint density at radius 1 is 0.958 bits per heavy atom. The minimum Gasteiger partial charge on any atom is -0.342 e. The van der Waals surface area contributed by atoms with Gasteiger partial charge in [-0.1, -0.05) is 48.5 Å². The maximum atomic E-state index is 12.6. The average Bonchev–Trinajstić information content (AvgIpc) is 3.02. The number of aromatic nitrogens is 1. The molecule has 24 heavy (non-hydrogen) atoms. The van der Waals surface area contributed by atoms with Crippen molar-refractivity contribution < 1.29 is 8.42 Å². The lowest BCUT2D eigenvalue weighted by Crippen LogP contribution is -2.09. The molecule has 3 rings (SSSR count). The highest BCUT2D eigenvalue weighted by molar-refractivity contribution is 7.90. The van der Waals surface area contributed by atoms with Crippen LogP contribution in [0.15, 0.2) is 82.9 Å². The van der Waals surface area contributed by atoms with Crippen molar-refractivity contribution in [3.63, 3.8) is 0 Å². The maximum absolute atomic E-state index is 12.6. The first kappa shape index (κ1) is 16.2. The monoisotopic (exact) mass is 338 g/mol. The van der Waals surface area contributed by atoms with Crippen molar-refractivity contribution >= 4 is 21.7 Å². The molecule has 0 aliphatic carbocycles.